The SMILES string of the molecule is CCC(Br)c1nnc(-c2cc(F)cc(Br)c2)o1. The standard InChI is InChI=1S/C11H9Br2FN2O/c1-2-9(13)11-16-15-10(17-11)6-3-7(12)5-8(14)4-6/h3-5,9H,2H2,1H3. The van der Waals surface area contributed by atoms with Crippen molar-refractivity contribution in [3.8, 4) is 11.5 Å². The highest BCUT2D eigenvalue weighted by Gasteiger charge is 2.15. The van der Waals surface area contributed by atoms with Gasteiger partial charge in [0.15, 0.2) is 0 Å². The van der Waals surface area contributed by atoms with Gasteiger partial charge in [0.2, 0.25) is 11.8 Å². The molecule has 0 saturated heterocycles. The molecule has 1 heterocycles. The van der Waals surface area contributed by atoms with Crippen LogP contribution in [0.5, 0.6) is 0 Å². The highest BCUT2D eigenvalue weighted by molar-refractivity contribution is 9.10. The Bertz CT molecular complexity index is 510. The van der Waals surface area contributed by atoms with Gasteiger partial charge in [-0.1, -0.05) is 38.8 Å². The molecule has 6 heteroatoms. The van der Waals surface area contributed by atoms with Gasteiger partial charge in [0.05, 0.1) is 4.83 Å². The number of aromatic nitrogens is 2. The summed E-state index contributed by atoms with van der Waals surface area (Å²) in [6.07, 6.45) is 0.842. The average molecular weight is 364 g/mol. The van der Waals surface area contributed by atoms with Gasteiger partial charge in [0.1, 0.15) is 5.82 Å². The molecule has 0 saturated carbocycles. The topological polar surface area (TPSA) is 38.9 Å². The Balaban J connectivity index is 2.36. The van der Waals surface area contributed by atoms with Crippen molar-refractivity contribution in [3.63, 3.8) is 0 Å². The van der Waals surface area contributed by atoms with Gasteiger partial charge in [0, 0.05) is 10.0 Å². The molecule has 0 bridgehead atoms. The number of halogens is 3. The number of nitrogens with zero attached hydrogens (tertiary/aromatic N) is 2. The smallest absolute Gasteiger partial charge is 0.247 e. The van der Waals surface area contributed by atoms with Crippen LogP contribution in [-0.4, -0.2) is 10.2 Å². The Labute approximate surface area is 115 Å². The number of alkyl halides is 1. The van der Waals surface area contributed by atoms with Crippen molar-refractivity contribution in [2.75, 3.05) is 0 Å². The Morgan fingerprint density at radius 2 is 2.12 bits per heavy atom. The molecule has 0 amide bonds. The zero-order valence-corrected chi connectivity index (χ0v) is 12.1. The van der Waals surface area contributed by atoms with E-state index in [0.29, 0.717) is 21.8 Å². The van der Waals surface area contributed by atoms with Crippen LogP contribution in [0.2, 0.25) is 0 Å². The van der Waals surface area contributed by atoms with E-state index in [2.05, 4.69) is 42.1 Å². The van der Waals surface area contributed by atoms with Crippen molar-refractivity contribution in [1.82, 2.24) is 10.2 Å². The van der Waals surface area contributed by atoms with Gasteiger partial charge in [-0.2, -0.15) is 0 Å². The first kappa shape index (κ1) is 12.7. The fourth-order valence-electron chi connectivity index (χ4n) is 1.33. The maximum Gasteiger partial charge on any atom is 0.247 e. The molecule has 90 valence electrons. The van der Waals surface area contributed by atoms with E-state index >= 15 is 0 Å². The van der Waals surface area contributed by atoms with E-state index in [1.807, 2.05) is 6.92 Å². The molecule has 1 aromatic heterocycles. The Hall–Kier alpha value is -0.750. The summed E-state index contributed by atoms with van der Waals surface area (Å²) in [4.78, 5) is 0.0285. The molecule has 0 fully saturated rings. The molecule has 1 unspecified atom stereocenters. The summed E-state index contributed by atoms with van der Waals surface area (Å²) in [6, 6.07) is 4.47. The molecule has 0 N–H and O–H groups in total. The summed E-state index contributed by atoms with van der Waals surface area (Å²) in [7, 11) is 0. The van der Waals surface area contributed by atoms with E-state index < -0.39 is 0 Å². The fourth-order valence-corrected chi connectivity index (χ4v) is 1.98. The molecular formula is C11H9Br2FN2O. The largest absolute Gasteiger partial charge is 0.419 e. The van der Waals surface area contributed by atoms with E-state index in [-0.39, 0.29) is 10.6 Å². The van der Waals surface area contributed by atoms with Crippen molar-refractivity contribution in [2.24, 2.45) is 0 Å². The maximum atomic E-state index is 13.2. The third kappa shape index (κ3) is 2.93. The number of benzene rings is 1. The van der Waals surface area contributed by atoms with Gasteiger partial charge < -0.3 is 4.42 Å². The van der Waals surface area contributed by atoms with Crippen molar-refractivity contribution < 1.29 is 8.81 Å². The molecule has 0 aliphatic carbocycles. The van der Waals surface area contributed by atoms with Crippen molar-refractivity contribution in [3.05, 3.63) is 34.4 Å². The zero-order chi connectivity index (χ0) is 12.4. The third-order valence-electron chi connectivity index (χ3n) is 2.18. The molecule has 0 spiro atoms. The minimum Gasteiger partial charge on any atom is -0.419 e. The first-order chi connectivity index (χ1) is 8.10. The summed E-state index contributed by atoms with van der Waals surface area (Å²) in [5, 5.41) is 7.82. The second-order valence-electron chi connectivity index (χ2n) is 3.48. The van der Waals surface area contributed by atoms with Crippen molar-refractivity contribution >= 4 is 31.9 Å². The number of hydrogen-bond donors (Lipinski definition) is 0. The average Bonchev–Trinajstić information content (AvgIpc) is 2.76. The predicted octanol–water partition coefficient (Wildman–Crippen LogP) is 4.48. The summed E-state index contributed by atoms with van der Waals surface area (Å²) in [5.74, 6) is 0.473. The lowest BCUT2D eigenvalue weighted by Gasteiger charge is -1.99. The third-order valence-corrected chi connectivity index (χ3v) is 3.67. The first-order valence-electron chi connectivity index (χ1n) is 5.04. The van der Waals surface area contributed by atoms with Crippen LogP contribution in [0.25, 0.3) is 11.5 Å². The second-order valence-corrected chi connectivity index (χ2v) is 5.50. The Kier molecular flexibility index (Phi) is 3.93. The van der Waals surface area contributed by atoms with Crippen LogP contribution in [-0.2, 0) is 0 Å². The lowest BCUT2D eigenvalue weighted by Crippen LogP contribution is -1.86. The molecule has 17 heavy (non-hydrogen) atoms. The van der Waals surface area contributed by atoms with Gasteiger partial charge >= 0.3 is 0 Å². The van der Waals surface area contributed by atoms with E-state index in [1.54, 1.807) is 6.07 Å². The summed E-state index contributed by atoms with van der Waals surface area (Å²) < 4.78 is 19.3. The van der Waals surface area contributed by atoms with Crippen LogP contribution in [0.15, 0.2) is 27.1 Å². The van der Waals surface area contributed by atoms with Crippen molar-refractivity contribution in [2.45, 2.75) is 18.2 Å². The van der Waals surface area contributed by atoms with Crippen LogP contribution in [0.4, 0.5) is 4.39 Å². The highest BCUT2D eigenvalue weighted by atomic mass is 79.9. The summed E-state index contributed by atoms with van der Waals surface area (Å²) in [5.41, 5.74) is 0.562. The quantitative estimate of drug-likeness (QED) is 0.754. The highest BCUT2D eigenvalue weighted by Crippen LogP contribution is 2.29. The first-order valence-corrected chi connectivity index (χ1v) is 6.75. The van der Waals surface area contributed by atoms with Gasteiger partial charge in [-0.25, -0.2) is 4.39 Å². The van der Waals surface area contributed by atoms with Crippen LogP contribution in [0.1, 0.15) is 24.1 Å². The molecule has 3 nitrogen and oxygen atoms in total. The van der Waals surface area contributed by atoms with Gasteiger partial charge in [-0.3, -0.25) is 0 Å². The van der Waals surface area contributed by atoms with Gasteiger partial charge in [0.25, 0.3) is 0 Å². The lowest BCUT2D eigenvalue weighted by molar-refractivity contribution is 0.500. The fraction of sp³-hybridized carbons (Fsp3) is 0.273. The maximum absolute atomic E-state index is 13.2. The molecule has 0 aliphatic rings. The zero-order valence-electron chi connectivity index (χ0n) is 8.95. The van der Waals surface area contributed by atoms with E-state index in [0.717, 1.165) is 6.42 Å². The van der Waals surface area contributed by atoms with Gasteiger partial charge in [-0.15, -0.1) is 10.2 Å². The molecule has 1 atom stereocenters. The van der Waals surface area contributed by atoms with Crippen LogP contribution < -0.4 is 0 Å². The molecule has 1 aromatic carbocycles. The molecule has 2 rings (SSSR count). The van der Waals surface area contributed by atoms with E-state index in [9.17, 15) is 4.39 Å². The number of rotatable bonds is 3. The molecule has 0 aliphatic heterocycles. The van der Waals surface area contributed by atoms with Crippen LogP contribution in [0, 0.1) is 5.82 Å². The Morgan fingerprint density at radius 3 is 2.76 bits per heavy atom. The monoisotopic (exact) mass is 362 g/mol. The molecule has 2 aromatic rings. The lowest BCUT2D eigenvalue weighted by atomic mass is 10.2. The second kappa shape index (κ2) is 5.27. The summed E-state index contributed by atoms with van der Waals surface area (Å²) in [6.45, 7) is 2.00. The normalized spacial score (nSPS) is 12.7. The summed E-state index contributed by atoms with van der Waals surface area (Å²) >= 11 is 6.64. The van der Waals surface area contributed by atoms with Crippen molar-refractivity contribution in [1.29, 1.82) is 0 Å². The Morgan fingerprint density at radius 1 is 1.35 bits per heavy atom. The molecular weight excluding hydrogens is 355 g/mol. The van der Waals surface area contributed by atoms with Crippen LogP contribution >= 0.6 is 31.9 Å². The minimum atomic E-state index is -0.347. The van der Waals surface area contributed by atoms with E-state index in [1.165, 1.54) is 12.1 Å². The predicted molar refractivity (Wildman–Crippen MR) is 69.4 cm³/mol. The van der Waals surface area contributed by atoms with E-state index in [4.69, 9.17) is 4.42 Å². The minimum absolute atomic E-state index is 0.0285. The van der Waals surface area contributed by atoms with Crippen LogP contribution in [0.3, 0.4) is 0 Å². The molecule has 0 radical (unpaired) electrons. The number of hydrogen-bond acceptors (Lipinski definition) is 3. The van der Waals surface area contributed by atoms with Gasteiger partial charge in [-0.05, 0) is 24.6 Å².